The third-order valence-corrected chi connectivity index (χ3v) is 4.39. The van der Waals surface area contributed by atoms with Crippen molar-refractivity contribution in [2.24, 2.45) is 11.7 Å². The molecule has 2 unspecified atom stereocenters. The molecule has 0 amide bonds. The van der Waals surface area contributed by atoms with Gasteiger partial charge in [0.2, 0.25) is 0 Å². The highest BCUT2D eigenvalue weighted by atomic mass is 79.9. The highest BCUT2D eigenvalue weighted by molar-refractivity contribution is 9.10. The van der Waals surface area contributed by atoms with E-state index in [1.807, 2.05) is 0 Å². The maximum absolute atomic E-state index is 5.93. The van der Waals surface area contributed by atoms with Crippen molar-refractivity contribution in [1.29, 1.82) is 0 Å². The second-order valence-electron chi connectivity index (χ2n) is 4.79. The van der Waals surface area contributed by atoms with E-state index in [2.05, 4.69) is 52.0 Å². The molecule has 0 spiro atoms. The Labute approximate surface area is 112 Å². The summed E-state index contributed by atoms with van der Waals surface area (Å²) in [4.78, 5) is 2.58. The molecule has 1 heterocycles. The number of hydrogen-bond acceptors (Lipinski definition) is 2. The van der Waals surface area contributed by atoms with E-state index in [0.717, 1.165) is 6.54 Å². The van der Waals surface area contributed by atoms with Gasteiger partial charge in [0.1, 0.15) is 0 Å². The van der Waals surface area contributed by atoms with Gasteiger partial charge in [-0.1, -0.05) is 41.1 Å². The first-order valence-corrected chi connectivity index (χ1v) is 7.25. The standard InChI is InChI=1S/C14H21BrN2/c1-2-8-17-9-7-11(10-16)14(17)12-5-3-4-6-13(12)15/h3-6,11,14H,2,7-10,16H2,1H3. The molecule has 1 aromatic rings. The van der Waals surface area contributed by atoms with Crippen molar-refractivity contribution in [2.75, 3.05) is 19.6 Å². The molecule has 2 nitrogen and oxygen atoms in total. The van der Waals surface area contributed by atoms with Gasteiger partial charge in [0, 0.05) is 10.5 Å². The van der Waals surface area contributed by atoms with Crippen LogP contribution < -0.4 is 5.73 Å². The molecule has 3 heteroatoms. The van der Waals surface area contributed by atoms with Crippen LogP contribution in [0.5, 0.6) is 0 Å². The number of nitrogens with two attached hydrogens (primary N) is 1. The van der Waals surface area contributed by atoms with Gasteiger partial charge in [-0.15, -0.1) is 0 Å². The van der Waals surface area contributed by atoms with Crippen molar-refractivity contribution in [3.63, 3.8) is 0 Å². The minimum absolute atomic E-state index is 0.496. The van der Waals surface area contributed by atoms with Crippen molar-refractivity contribution in [3.8, 4) is 0 Å². The van der Waals surface area contributed by atoms with E-state index in [-0.39, 0.29) is 0 Å². The molecule has 2 N–H and O–H groups in total. The zero-order chi connectivity index (χ0) is 12.3. The molecule has 0 aromatic heterocycles. The van der Waals surface area contributed by atoms with Gasteiger partial charge in [-0.2, -0.15) is 0 Å². The van der Waals surface area contributed by atoms with E-state index in [0.29, 0.717) is 12.0 Å². The van der Waals surface area contributed by atoms with E-state index in [9.17, 15) is 0 Å². The molecule has 94 valence electrons. The maximum Gasteiger partial charge on any atom is 0.0399 e. The lowest BCUT2D eigenvalue weighted by Crippen LogP contribution is -2.29. The summed E-state index contributed by atoms with van der Waals surface area (Å²) in [6.45, 7) is 5.38. The monoisotopic (exact) mass is 296 g/mol. The molecular weight excluding hydrogens is 276 g/mol. The summed E-state index contributed by atoms with van der Waals surface area (Å²) >= 11 is 3.67. The van der Waals surface area contributed by atoms with E-state index >= 15 is 0 Å². The van der Waals surface area contributed by atoms with Crippen LogP contribution in [0.1, 0.15) is 31.4 Å². The van der Waals surface area contributed by atoms with Crippen LogP contribution in [0.25, 0.3) is 0 Å². The lowest BCUT2D eigenvalue weighted by Gasteiger charge is -2.28. The first kappa shape index (κ1) is 13.1. The number of rotatable bonds is 4. The van der Waals surface area contributed by atoms with Crippen LogP contribution >= 0.6 is 15.9 Å². The Morgan fingerprint density at radius 1 is 1.41 bits per heavy atom. The average Bonchev–Trinajstić information content (AvgIpc) is 2.73. The van der Waals surface area contributed by atoms with E-state index in [1.54, 1.807) is 0 Å². The van der Waals surface area contributed by atoms with Crippen LogP contribution in [0, 0.1) is 5.92 Å². The van der Waals surface area contributed by atoms with Crippen molar-refractivity contribution in [1.82, 2.24) is 4.90 Å². The molecule has 1 aliphatic heterocycles. The SMILES string of the molecule is CCCN1CCC(CN)C1c1ccccc1Br. The lowest BCUT2D eigenvalue weighted by atomic mass is 9.94. The Morgan fingerprint density at radius 3 is 2.82 bits per heavy atom. The van der Waals surface area contributed by atoms with Crippen LogP contribution in [-0.4, -0.2) is 24.5 Å². The molecule has 2 atom stereocenters. The first-order valence-electron chi connectivity index (χ1n) is 6.46. The highest BCUT2D eigenvalue weighted by Gasteiger charge is 2.34. The van der Waals surface area contributed by atoms with Crippen LogP contribution in [0.4, 0.5) is 0 Å². The molecule has 0 saturated carbocycles. The zero-order valence-electron chi connectivity index (χ0n) is 10.4. The predicted octanol–water partition coefficient (Wildman–Crippen LogP) is 3.18. The molecule has 17 heavy (non-hydrogen) atoms. The van der Waals surface area contributed by atoms with Crippen molar-refractivity contribution < 1.29 is 0 Å². The largest absolute Gasteiger partial charge is 0.330 e. The highest BCUT2D eigenvalue weighted by Crippen LogP contribution is 2.39. The van der Waals surface area contributed by atoms with Gasteiger partial charge in [-0.25, -0.2) is 0 Å². The number of benzene rings is 1. The van der Waals surface area contributed by atoms with Crippen LogP contribution in [0.3, 0.4) is 0 Å². The number of nitrogens with zero attached hydrogens (tertiary/aromatic N) is 1. The van der Waals surface area contributed by atoms with Crippen LogP contribution in [0.15, 0.2) is 28.7 Å². The normalized spacial score (nSPS) is 25.4. The fraction of sp³-hybridized carbons (Fsp3) is 0.571. The Kier molecular flexibility index (Phi) is 4.60. The summed E-state index contributed by atoms with van der Waals surface area (Å²) in [6.07, 6.45) is 2.43. The Hall–Kier alpha value is -0.380. The summed E-state index contributed by atoms with van der Waals surface area (Å²) in [5, 5.41) is 0. The van der Waals surface area contributed by atoms with E-state index < -0.39 is 0 Å². The van der Waals surface area contributed by atoms with Crippen molar-refractivity contribution >= 4 is 15.9 Å². The minimum Gasteiger partial charge on any atom is -0.330 e. The molecule has 1 aliphatic rings. The Morgan fingerprint density at radius 2 is 2.18 bits per heavy atom. The second kappa shape index (κ2) is 5.98. The topological polar surface area (TPSA) is 29.3 Å². The summed E-state index contributed by atoms with van der Waals surface area (Å²) in [5.74, 6) is 0.597. The molecular formula is C14H21BrN2. The zero-order valence-corrected chi connectivity index (χ0v) is 12.0. The fourth-order valence-electron chi connectivity index (χ4n) is 2.88. The summed E-state index contributed by atoms with van der Waals surface area (Å²) < 4.78 is 1.21. The second-order valence-corrected chi connectivity index (χ2v) is 5.64. The third kappa shape index (κ3) is 2.72. The minimum atomic E-state index is 0.496. The van der Waals surface area contributed by atoms with Gasteiger partial charge in [-0.05, 0) is 50.0 Å². The summed E-state index contributed by atoms with van der Waals surface area (Å²) in [7, 11) is 0. The Bertz CT molecular complexity index is 367. The quantitative estimate of drug-likeness (QED) is 0.925. The molecule has 1 aromatic carbocycles. The fourth-order valence-corrected chi connectivity index (χ4v) is 3.40. The maximum atomic E-state index is 5.93. The first-order chi connectivity index (χ1) is 8.27. The Balaban J connectivity index is 2.28. The summed E-state index contributed by atoms with van der Waals surface area (Å²) in [6, 6.07) is 9.05. The number of hydrogen-bond donors (Lipinski definition) is 1. The van der Waals surface area contributed by atoms with Gasteiger partial charge < -0.3 is 5.73 Å². The van der Waals surface area contributed by atoms with Crippen LogP contribution in [0.2, 0.25) is 0 Å². The predicted molar refractivity (Wildman–Crippen MR) is 75.9 cm³/mol. The molecule has 0 aliphatic carbocycles. The van der Waals surface area contributed by atoms with Gasteiger partial charge in [-0.3, -0.25) is 4.90 Å². The number of halogens is 1. The molecule has 1 fully saturated rings. The van der Waals surface area contributed by atoms with Gasteiger partial charge in [0.25, 0.3) is 0 Å². The lowest BCUT2D eigenvalue weighted by molar-refractivity contribution is 0.230. The van der Waals surface area contributed by atoms with E-state index in [1.165, 1.54) is 36.0 Å². The molecule has 1 saturated heterocycles. The molecule has 0 radical (unpaired) electrons. The van der Waals surface area contributed by atoms with Gasteiger partial charge >= 0.3 is 0 Å². The molecule has 0 bridgehead atoms. The van der Waals surface area contributed by atoms with Gasteiger partial charge in [0.05, 0.1) is 0 Å². The number of likely N-dealkylation sites (tertiary alicyclic amines) is 1. The van der Waals surface area contributed by atoms with Gasteiger partial charge in [0.15, 0.2) is 0 Å². The third-order valence-electron chi connectivity index (χ3n) is 3.66. The van der Waals surface area contributed by atoms with Crippen LogP contribution in [-0.2, 0) is 0 Å². The smallest absolute Gasteiger partial charge is 0.0399 e. The van der Waals surface area contributed by atoms with Crippen molar-refractivity contribution in [3.05, 3.63) is 34.3 Å². The van der Waals surface area contributed by atoms with E-state index in [4.69, 9.17) is 5.73 Å². The average molecular weight is 297 g/mol. The summed E-state index contributed by atoms with van der Waals surface area (Å²) in [5.41, 5.74) is 7.33. The van der Waals surface area contributed by atoms with Crippen molar-refractivity contribution in [2.45, 2.75) is 25.8 Å². The molecule has 2 rings (SSSR count).